The molecule has 0 saturated carbocycles. The molecule has 3 rings (SSSR count). The van der Waals surface area contributed by atoms with E-state index in [1.165, 1.54) is 13.2 Å². The number of aromatic nitrogens is 2. The molecule has 1 unspecified atom stereocenters. The number of benzene rings is 2. The van der Waals surface area contributed by atoms with Crippen LogP contribution < -0.4 is 4.74 Å². The maximum Gasteiger partial charge on any atom is 0.261 e. The molecule has 2 aromatic carbocycles. The summed E-state index contributed by atoms with van der Waals surface area (Å²) in [5.41, 5.74) is 1.57. The van der Waals surface area contributed by atoms with Crippen LogP contribution in [0.5, 0.6) is 5.75 Å². The van der Waals surface area contributed by atoms with Crippen molar-refractivity contribution in [1.29, 1.82) is 0 Å². The van der Waals surface area contributed by atoms with Crippen molar-refractivity contribution in [3.05, 3.63) is 71.4 Å². The van der Waals surface area contributed by atoms with E-state index in [2.05, 4.69) is 10.1 Å². The number of nitrogens with zero attached hydrogens (tertiary/aromatic N) is 2. The van der Waals surface area contributed by atoms with Crippen LogP contribution in [0.1, 0.15) is 29.0 Å². The van der Waals surface area contributed by atoms with Crippen molar-refractivity contribution < 1.29 is 22.1 Å². The zero-order valence-corrected chi connectivity index (χ0v) is 15.7. The Hall–Kier alpha value is -2.74. The van der Waals surface area contributed by atoms with E-state index in [9.17, 15) is 12.8 Å². The largest absolute Gasteiger partial charge is 0.495 e. The lowest BCUT2D eigenvalue weighted by Gasteiger charge is -2.08. The highest BCUT2D eigenvalue weighted by Gasteiger charge is 2.20. The van der Waals surface area contributed by atoms with Gasteiger partial charge in [0.25, 0.3) is 5.89 Å². The van der Waals surface area contributed by atoms with Gasteiger partial charge in [0.15, 0.2) is 21.8 Å². The molecule has 1 heterocycles. The third-order valence-corrected chi connectivity index (χ3v) is 5.14. The van der Waals surface area contributed by atoms with Gasteiger partial charge in [0, 0.05) is 19.1 Å². The number of ether oxygens (including phenoxy) is 1. The number of hydrogen-bond acceptors (Lipinski definition) is 6. The summed E-state index contributed by atoms with van der Waals surface area (Å²) in [7, 11) is -2.00. The fourth-order valence-corrected chi connectivity index (χ4v) is 3.51. The first-order valence-corrected chi connectivity index (χ1v) is 10.1. The van der Waals surface area contributed by atoms with E-state index in [0.717, 1.165) is 17.4 Å². The molecule has 0 bridgehead atoms. The first-order valence-electron chi connectivity index (χ1n) is 8.24. The van der Waals surface area contributed by atoms with Gasteiger partial charge in [0.1, 0.15) is 10.6 Å². The fourth-order valence-electron chi connectivity index (χ4n) is 2.69. The summed E-state index contributed by atoms with van der Waals surface area (Å²) >= 11 is 0. The Bertz CT molecular complexity index is 1020. The molecule has 0 aliphatic carbocycles. The summed E-state index contributed by atoms with van der Waals surface area (Å²) in [5.74, 6) is 0.481. The van der Waals surface area contributed by atoms with E-state index in [1.807, 2.05) is 30.3 Å². The van der Waals surface area contributed by atoms with Gasteiger partial charge in [-0.2, -0.15) is 4.98 Å². The first kappa shape index (κ1) is 19.0. The van der Waals surface area contributed by atoms with E-state index in [1.54, 1.807) is 12.1 Å². The zero-order valence-electron chi connectivity index (χ0n) is 14.9. The van der Waals surface area contributed by atoms with Crippen LogP contribution in [-0.2, 0) is 22.7 Å². The van der Waals surface area contributed by atoms with E-state index in [0.29, 0.717) is 5.82 Å². The Morgan fingerprint density at radius 2 is 1.89 bits per heavy atom. The van der Waals surface area contributed by atoms with Gasteiger partial charge >= 0.3 is 0 Å². The maximum atomic E-state index is 14.4. The van der Waals surface area contributed by atoms with Crippen molar-refractivity contribution in [2.24, 2.45) is 0 Å². The standard InChI is InChI=1S/C19H19FN2O4S/c1-25-16-11-14(8-9-17(16)27(2,23)24)12-18-21-19(26-22-18)15(20)10-13-6-4-3-5-7-13/h3-9,11,15H,10,12H2,1-2H3. The number of sulfone groups is 1. The molecule has 0 amide bonds. The van der Waals surface area contributed by atoms with Crippen molar-refractivity contribution >= 4 is 9.84 Å². The molecule has 27 heavy (non-hydrogen) atoms. The summed E-state index contributed by atoms with van der Waals surface area (Å²) in [5, 5.41) is 3.82. The lowest BCUT2D eigenvalue weighted by Crippen LogP contribution is -2.02. The molecule has 0 aliphatic rings. The van der Waals surface area contributed by atoms with Crippen LogP contribution in [0.2, 0.25) is 0 Å². The van der Waals surface area contributed by atoms with Gasteiger partial charge in [-0.05, 0) is 23.3 Å². The van der Waals surface area contributed by atoms with Crippen molar-refractivity contribution in [2.45, 2.75) is 23.9 Å². The Morgan fingerprint density at radius 3 is 2.56 bits per heavy atom. The second-order valence-corrected chi connectivity index (χ2v) is 8.12. The van der Waals surface area contributed by atoms with E-state index < -0.39 is 16.0 Å². The number of alkyl halides is 1. The van der Waals surface area contributed by atoms with Crippen LogP contribution in [-0.4, -0.2) is 31.9 Å². The molecule has 0 N–H and O–H groups in total. The average Bonchev–Trinajstić information content (AvgIpc) is 3.10. The molecule has 0 saturated heterocycles. The van der Waals surface area contributed by atoms with Crippen molar-refractivity contribution in [3.8, 4) is 5.75 Å². The van der Waals surface area contributed by atoms with E-state index >= 15 is 0 Å². The highest BCUT2D eigenvalue weighted by Crippen LogP contribution is 2.26. The lowest BCUT2D eigenvalue weighted by molar-refractivity contribution is 0.246. The van der Waals surface area contributed by atoms with Gasteiger partial charge in [-0.15, -0.1) is 0 Å². The van der Waals surface area contributed by atoms with Gasteiger partial charge in [0.05, 0.1) is 7.11 Å². The Kier molecular flexibility index (Phi) is 5.55. The minimum absolute atomic E-state index is 0.0754. The monoisotopic (exact) mass is 390 g/mol. The van der Waals surface area contributed by atoms with E-state index in [4.69, 9.17) is 9.26 Å². The van der Waals surface area contributed by atoms with E-state index in [-0.39, 0.29) is 29.4 Å². The molecule has 1 atom stereocenters. The first-order chi connectivity index (χ1) is 12.9. The second kappa shape index (κ2) is 7.87. The quantitative estimate of drug-likeness (QED) is 0.615. The maximum absolute atomic E-state index is 14.4. The van der Waals surface area contributed by atoms with Crippen molar-refractivity contribution in [1.82, 2.24) is 10.1 Å². The van der Waals surface area contributed by atoms with Gasteiger partial charge < -0.3 is 9.26 Å². The van der Waals surface area contributed by atoms with Crippen LogP contribution >= 0.6 is 0 Å². The topological polar surface area (TPSA) is 82.3 Å². The van der Waals surface area contributed by atoms with Gasteiger partial charge in [-0.25, -0.2) is 12.8 Å². The van der Waals surface area contributed by atoms with Gasteiger partial charge in [0.2, 0.25) is 0 Å². The average molecular weight is 390 g/mol. The van der Waals surface area contributed by atoms with Crippen LogP contribution in [0.3, 0.4) is 0 Å². The Morgan fingerprint density at radius 1 is 1.15 bits per heavy atom. The molecule has 142 valence electrons. The second-order valence-electron chi connectivity index (χ2n) is 6.14. The van der Waals surface area contributed by atoms with Crippen LogP contribution in [0, 0.1) is 0 Å². The summed E-state index contributed by atoms with van der Waals surface area (Å²) in [6.45, 7) is 0. The van der Waals surface area contributed by atoms with Crippen LogP contribution in [0.4, 0.5) is 4.39 Å². The fraction of sp³-hybridized carbons (Fsp3) is 0.263. The Labute approximate surface area is 156 Å². The number of rotatable bonds is 7. The van der Waals surface area contributed by atoms with Gasteiger partial charge in [-0.3, -0.25) is 0 Å². The summed E-state index contributed by atoms with van der Waals surface area (Å²) < 4.78 is 48.1. The molecule has 1 aromatic heterocycles. The predicted octanol–water partition coefficient (Wildman–Crippen LogP) is 3.33. The number of methoxy groups -OCH3 is 1. The highest BCUT2D eigenvalue weighted by atomic mass is 32.2. The number of hydrogen-bond donors (Lipinski definition) is 0. The Balaban J connectivity index is 1.74. The molecule has 0 radical (unpaired) electrons. The minimum Gasteiger partial charge on any atom is -0.495 e. The minimum atomic E-state index is -3.40. The SMILES string of the molecule is COc1cc(Cc2noc(C(F)Cc3ccccc3)n2)ccc1S(C)(=O)=O. The molecule has 6 nitrogen and oxygen atoms in total. The smallest absolute Gasteiger partial charge is 0.261 e. The highest BCUT2D eigenvalue weighted by molar-refractivity contribution is 7.90. The van der Waals surface area contributed by atoms with Gasteiger partial charge in [-0.1, -0.05) is 41.6 Å². The molecule has 3 aromatic rings. The van der Waals surface area contributed by atoms with Crippen LogP contribution in [0.15, 0.2) is 57.9 Å². The zero-order chi connectivity index (χ0) is 19.4. The molecule has 8 heteroatoms. The number of halogens is 1. The van der Waals surface area contributed by atoms with Crippen molar-refractivity contribution in [2.75, 3.05) is 13.4 Å². The summed E-state index contributed by atoms with van der Waals surface area (Å²) in [6.07, 6.45) is 0.140. The molecule has 0 fully saturated rings. The predicted molar refractivity (Wildman–Crippen MR) is 97.2 cm³/mol. The summed E-state index contributed by atoms with van der Waals surface area (Å²) in [6, 6.07) is 13.9. The normalized spacial score (nSPS) is 12.7. The molecule has 0 spiro atoms. The lowest BCUT2D eigenvalue weighted by atomic mass is 10.1. The van der Waals surface area contributed by atoms with Crippen LogP contribution in [0.25, 0.3) is 0 Å². The third kappa shape index (κ3) is 4.71. The molecular weight excluding hydrogens is 371 g/mol. The molecule has 0 aliphatic heterocycles. The molecular formula is C19H19FN2O4S. The van der Waals surface area contributed by atoms with Crippen molar-refractivity contribution in [3.63, 3.8) is 0 Å². The summed E-state index contributed by atoms with van der Waals surface area (Å²) in [4.78, 5) is 4.22. The third-order valence-electron chi connectivity index (χ3n) is 4.00.